The Morgan fingerprint density at radius 2 is 2.20 bits per heavy atom. The van der Waals surface area contributed by atoms with Gasteiger partial charge in [-0.3, -0.25) is 0 Å². The van der Waals surface area contributed by atoms with E-state index in [2.05, 4.69) is 38.3 Å². The normalized spacial score (nSPS) is 25.2. The molecule has 0 amide bonds. The molecule has 0 radical (unpaired) electrons. The van der Waals surface area contributed by atoms with E-state index in [0.29, 0.717) is 11.5 Å². The smallest absolute Gasteiger partial charge is 0.00363 e. The van der Waals surface area contributed by atoms with Crippen molar-refractivity contribution in [2.45, 2.75) is 53.0 Å². The highest BCUT2D eigenvalue weighted by molar-refractivity contribution is 4.85. The van der Waals surface area contributed by atoms with E-state index in [4.69, 9.17) is 0 Å². The molecule has 2 atom stereocenters. The van der Waals surface area contributed by atoms with E-state index in [1.807, 2.05) is 0 Å². The summed E-state index contributed by atoms with van der Waals surface area (Å²) in [5, 5.41) is 7.16. The summed E-state index contributed by atoms with van der Waals surface area (Å²) in [6, 6.07) is 0.654. The second kappa shape index (κ2) is 5.86. The van der Waals surface area contributed by atoms with Crippen molar-refractivity contribution in [1.82, 2.24) is 10.6 Å². The third kappa shape index (κ3) is 4.12. The van der Waals surface area contributed by atoms with Gasteiger partial charge in [0.05, 0.1) is 0 Å². The zero-order valence-electron chi connectivity index (χ0n) is 10.9. The fourth-order valence-corrected chi connectivity index (χ4v) is 2.24. The Balaban J connectivity index is 2.35. The molecule has 1 saturated heterocycles. The average molecular weight is 212 g/mol. The molecule has 15 heavy (non-hydrogen) atoms. The summed E-state index contributed by atoms with van der Waals surface area (Å²) >= 11 is 0. The molecule has 2 heteroatoms. The lowest BCUT2D eigenvalue weighted by atomic mass is 9.75. The first-order valence-corrected chi connectivity index (χ1v) is 6.50. The minimum atomic E-state index is 0.427. The van der Waals surface area contributed by atoms with Crippen LogP contribution < -0.4 is 10.6 Å². The molecular weight excluding hydrogens is 184 g/mol. The van der Waals surface area contributed by atoms with Crippen molar-refractivity contribution >= 4 is 0 Å². The molecule has 1 fully saturated rings. The summed E-state index contributed by atoms with van der Waals surface area (Å²) in [5.74, 6) is 0.836. The van der Waals surface area contributed by atoms with E-state index in [1.54, 1.807) is 0 Å². The van der Waals surface area contributed by atoms with Crippen molar-refractivity contribution < 1.29 is 0 Å². The van der Waals surface area contributed by atoms with Gasteiger partial charge in [0.15, 0.2) is 0 Å². The zero-order valence-corrected chi connectivity index (χ0v) is 10.9. The van der Waals surface area contributed by atoms with Crippen LogP contribution in [0, 0.1) is 11.3 Å². The van der Waals surface area contributed by atoms with Gasteiger partial charge in [0.1, 0.15) is 0 Å². The Hall–Kier alpha value is -0.0800. The van der Waals surface area contributed by atoms with Gasteiger partial charge in [-0.1, -0.05) is 20.8 Å². The van der Waals surface area contributed by atoms with Crippen LogP contribution in [0.2, 0.25) is 0 Å². The van der Waals surface area contributed by atoms with Crippen molar-refractivity contribution in [3.8, 4) is 0 Å². The molecule has 1 heterocycles. The monoisotopic (exact) mass is 212 g/mol. The fourth-order valence-electron chi connectivity index (χ4n) is 2.24. The summed E-state index contributed by atoms with van der Waals surface area (Å²) in [6.07, 6.45) is 3.96. The van der Waals surface area contributed by atoms with Crippen LogP contribution in [-0.4, -0.2) is 25.7 Å². The first-order chi connectivity index (χ1) is 7.06. The lowest BCUT2D eigenvalue weighted by Gasteiger charge is -2.38. The molecule has 2 unspecified atom stereocenters. The Morgan fingerprint density at radius 3 is 2.73 bits per heavy atom. The minimum absolute atomic E-state index is 0.427. The highest BCUT2D eigenvalue weighted by Gasteiger charge is 2.30. The minimum Gasteiger partial charge on any atom is -0.316 e. The van der Waals surface area contributed by atoms with Gasteiger partial charge in [0.25, 0.3) is 0 Å². The number of nitrogens with one attached hydrogen (secondary N) is 2. The second-order valence-corrected chi connectivity index (χ2v) is 5.72. The van der Waals surface area contributed by atoms with Crippen LogP contribution in [0.25, 0.3) is 0 Å². The maximum absolute atomic E-state index is 3.64. The number of rotatable bonds is 5. The van der Waals surface area contributed by atoms with Crippen LogP contribution in [0.3, 0.4) is 0 Å². The van der Waals surface area contributed by atoms with Crippen molar-refractivity contribution in [2.75, 3.05) is 19.6 Å². The molecular formula is C13H28N2. The first kappa shape index (κ1) is 13.0. The lowest BCUT2D eigenvalue weighted by molar-refractivity contribution is 0.162. The van der Waals surface area contributed by atoms with Crippen LogP contribution >= 0.6 is 0 Å². The van der Waals surface area contributed by atoms with E-state index < -0.39 is 0 Å². The molecule has 0 spiro atoms. The number of hydrogen-bond acceptors (Lipinski definition) is 2. The second-order valence-electron chi connectivity index (χ2n) is 5.72. The van der Waals surface area contributed by atoms with E-state index in [1.165, 1.54) is 32.4 Å². The van der Waals surface area contributed by atoms with Gasteiger partial charge in [-0.15, -0.1) is 0 Å². The third-order valence-corrected chi connectivity index (χ3v) is 3.92. The number of hydrogen-bond donors (Lipinski definition) is 2. The molecule has 0 saturated carbocycles. The maximum Gasteiger partial charge on any atom is 0.00363 e. The van der Waals surface area contributed by atoms with E-state index in [0.717, 1.165) is 12.5 Å². The predicted molar refractivity (Wildman–Crippen MR) is 67.1 cm³/mol. The molecule has 1 aliphatic heterocycles. The van der Waals surface area contributed by atoms with Gasteiger partial charge in [0.2, 0.25) is 0 Å². The number of piperidine rings is 1. The molecule has 1 rings (SSSR count). The Morgan fingerprint density at radius 1 is 1.47 bits per heavy atom. The van der Waals surface area contributed by atoms with Gasteiger partial charge < -0.3 is 10.6 Å². The average Bonchev–Trinajstić information content (AvgIpc) is 2.27. The molecule has 90 valence electrons. The topological polar surface area (TPSA) is 24.1 Å². The van der Waals surface area contributed by atoms with Gasteiger partial charge >= 0.3 is 0 Å². The highest BCUT2D eigenvalue weighted by Crippen LogP contribution is 2.31. The van der Waals surface area contributed by atoms with Gasteiger partial charge in [-0.05, 0) is 50.6 Å². The van der Waals surface area contributed by atoms with Crippen molar-refractivity contribution in [2.24, 2.45) is 11.3 Å². The van der Waals surface area contributed by atoms with Crippen molar-refractivity contribution in [1.29, 1.82) is 0 Å². The van der Waals surface area contributed by atoms with E-state index >= 15 is 0 Å². The molecule has 0 aromatic rings. The SMILES string of the molecule is CCC(C)NCC(C)(C)C1CCCNC1. The fraction of sp³-hybridized carbons (Fsp3) is 1.00. The molecule has 2 N–H and O–H groups in total. The summed E-state index contributed by atoms with van der Waals surface area (Å²) in [7, 11) is 0. The van der Waals surface area contributed by atoms with Crippen LogP contribution in [0.1, 0.15) is 47.0 Å². The Bertz CT molecular complexity index is 171. The van der Waals surface area contributed by atoms with Crippen molar-refractivity contribution in [3.63, 3.8) is 0 Å². The Labute approximate surface area is 95.2 Å². The molecule has 0 bridgehead atoms. The van der Waals surface area contributed by atoms with Crippen LogP contribution in [0.5, 0.6) is 0 Å². The predicted octanol–water partition coefficient (Wildman–Crippen LogP) is 2.40. The summed E-state index contributed by atoms with van der Waals surface area (Å²) in [4.78, 5) is 0. The van der Waals surface area contributed by atoms with Gasteiger partial charge in [0, 0.05) is 12.6 Å². The maximum atomic E-state index is 3.64. The Kier molecular flexibility index (Phi) is 5.07. The van der Waals surface area contributed by atoms with Crippen LogP contribution in [0.4, 0.5) is 0 Å². The summed E-state index contributed by atoms with van der Waals surface area (Å²) < 4.78 is 0. The first-order valence-electron chi connectivity index (χ1n) is 6.50. The third-order valence-electron chi connectivity index (χ3n) is 3.92. The lowest BCUT2D eigenvalue weighted by Crippen LogP contribution is -2.45. The van der Waals surface area contributed by atoms with E-state index in [9.17, 15) is 0 Å². The zero-order chi connectivity index (χ0) is 11.3. The molecule has 0 aliphatic carbocycles. The summed E-state index contributed by atoms with van der Waals surface area (Å²) in [6.45, 7) is 12.9. The van der Waals surface area contributed by atoms with Crippen LogP contribution in [0.15, 0.2) is 0 Å². The largest absolute Gasteiger partial charge is 0.316 e. The van der Waals surface area contributed by atoms with E-state index in [-0.39, 0.29) is 0 Å². The molecule has 1 aliphatic rings. The quantitative estimate of drug-likeness (QED) is 0.731. The standard InChI is InChI=1S/C13H28N2/c1-5-11(2)15-10-13(3,4)12-7-6-8-14-9-12/h11-12,14-15H,5-10H2,1-4H3. The molecule has 0 aromatic carbocycles. The summed E-state index contributed by atoms with van der Waals surface area (Å²) in [5.41, 5.74) is 0.427. The highest BCUT2D eigenvalue weighted by atomic mass is 14.9. The van der Waals surface area contributed by atoms with Crippen LogP contribution in [-0.2, 0) is 0 Å². The molecule has 0 aromatic heterocycles. The van der Waals surface area contributed by atoms with Gasteiger partial charge in [-0.2, -0.15) is 0 Å². The van der Waals surface area contributed by atoms with Gasteiger partial charge in [-0.25, -0.2) is 0 Å². The van der Waals surface area contributed by atoms with Crippen molar-refractivity contribution in [3.05, 3.63) is 0 Å². The molecule has 2 nitrogen and oxygen atoms in total.